The van der Waals surface area contributed by atoms with E-state index in [0.29, 0.717) is 11.7 Å². The van der Waals surface area contributed by atoms with Crippen LogP contribution in [0.3, 0.4) is 0 Å². The Kier molecular flexibility index (Phi) is 5.18. The molecule has 1 unspecified atom stereocenters. The van der Waals surface area contributed by atoms with Crippen LogP contribution >= 0.6 is 23.1 Å². The van der Waals surface area contributed by atoms with E-state index in [4.69, 9.17) is 4.98 Å². The van der Waals surface area contributed by atoms with Crippen molar-refractivity contribution in [2.24, 2.45) is 0 Å². The quantitative estimate of drug-likeness (QED) is 0.644. The molecule has 1 aliphatic carbocycles. The molecule has 2 aromatic heterocycles. The Hall–Kier alpha value is -1.60. The van der Waals surface area contributed by atoms with Crippen molar-refractivity contribution in [3.8, 4) is 0 Å². The van der Waals surface area contributed by atoms with E-state index in [1.807, 2.05) is 0 Å². The smallest absolute Gasteiger partial charge is 0.263 e. The molecule has 1 atom stereocenters. The molecule has 1 amide bonds. The third kappa shape index (κ3) is 3.22. The summed E-state index contributed by atoms with van der Waals surface area (Å²) in [5.41, 5.74) is 1.22. The van der Waals surface area contributed by atoms with Crippen molar-refractivity contribution in [3.05, 3.63) is 33.4 Å². The van der Waals surface area contributed by atoms with E-state index in [2.05, 4.69) is 11.9 Å². The summed E-state index contributed by atoms with van der Waals surface area (Å²) in [6.07, 6.45) is 8.90. The Bertz CT molecular complexity index is 916. The first-order valence-corrected chi connectivity index (χ1v) is 11.0. The zero-order valence-electron chi connectivity index (χ0n) is 14.8. The Balaban J connectivity index is 1.80. The minimum Gasteiger partial charge on any atom is -0.355 e. The molecule has 0 aromatic carbocycles. The summed E-state index contributed by atoms with van der Waals surface area (Å²) in [6.45, 7) is 4.95. The van der Waals surface area contributed by atoms with Crippen LogP contribution in [0.1, 0.15) is 42.5 Å². The molecule has 3 heterocycles. The second kappa shape index (κ2) is 7.56. The topological polar surface area (TPSA) is 64.0 Å². The van der Waals surface area contributed by atoms with Gasteiger partial charge in [-0.1, -0.05) is 24.3 Å². The monoisotopic (exact) mass is 389 g/mol. The normalized spacial score (nSPS) is 20.5. The summed E-state index contributed by atoms with van der Waals surface area (Å²) in [6, 6.07) is 0. The van der Waals surface area contributed by atoms with Gasteiger partial charge >= 0.3 is 0 Å². The zero-order chi connectivity index (χ0) is 18.1. The maximum Gasteiger partial charge on any atom is 0.263 e. The second-order valence-electron chi connectivity index (χ2n) is 6.88. The Morgan fingerprint density at radius 1 is 1.27 bits per heavy atom. The molecule has 1 fully saturated rings. The number of thiophene rings is 1. The van der Waals surface area contributed by atoms with Gasteiger partial charge in [-0.25, -0.2) is 4.98 Å². The van der Waals surface area contributed by atoms with Gasteiger partial charge < -0.3 is 5.32 Å². The summed E-state index contributed by atoms with van der Waals surface area (Å²) in [7, 11) is 0. The number of allylic oxidation sites excluding steroid dienone is 1. The van der Waals surface area contributed by atoms with Gasteiger partial charge in [-0.2, -0.15) is 0 Å². The van der Waals surface area contributed by atoms with Gasteiger partial charge in [-0.05, 0) is 44.1 Å². The van der Waals surface area contributed by atoms with E-state index in [1.54, 1.807) is 22.0 Å². The molecule has 0 bridgehead atoms. The first kappa shape index (κ1) is 17.8. The fraction of sp³-hybridized carbons (Fsp3) is 0.526. The number of carbonyl (C=O) groups excluding carboxylic acids is 1. The highest BCUT2D eigenvalue weighted by molar-refractivity contribution is 8.00. The number of aryl methyl sites for hydroxylation is 2. The van der Waals surface area contributed by atoms with Crippen LogP contribution in [0.4, 0.5) is 0 Å². The highest BCUT2D eigenvalue weighted by Gasteiger charge is 2.26. The van der Waals surface area contributed by atoms with E-state index >= 15 is 0 Å². The summed E-state index contributed by atoms with van der Waals surface area (Å²) < 4.78 is 1.69. The van der Waals surface area contributed by atoms with E-state index in [0.717, 1.165) is 55.3 Å². The Labute approximate surface area is 160 Å². The molecule has 4 rings (SSSR count). The second-order valence-corrected chi connectivity index (χ2v) is 9.14. The molecule has 5 nitrogen and oxygen atoms in total. The average Bonchev–Trinajstić information content (AvgIpc) is 2.89. The van der Waals surface area contributed by atoms with Crippen LogP contribution in [0, 0.1) is 0 Å². The molecule has 0 spiro atoms. The van der Waals surface area contributed by atoms with Crippen molar-refractivity contribution in [1.82, 2.24) is 14.9 Å². The van der Waals surface area contributed by atoms with E-state index in [1.165, 1.54) is 28.6 Å². The minimum absolute atomic E-state index is 0.0193. The van der Waals surface area contributed by atoms with Gasteiger partial charge in [0.05, 0.1) is 10.6 Å². The number of carbonyl (C=O) groups is 1. The summed E-state index contributed by atoms with van der Waals surface area (Å²) in [5, 5.41) is 4.21. The van der Waals surface area contributed by atoms with E-state index < -0.39 is 0 Å². The summed E-state index contributed by atoms with van der Waals surface area (Å²) in [4.78, 5) is 32.5. The van der Waals surface area contributed by atoms with E-state index in [9.17, 15) is 9.59 Å². The van der Waals surface area contributed by atoms with Gasteiger partial charge in [0.25, 0.3) is 5.56 Å². The molecule has 2 aliphatic rings. The minimum atomic E-state index is -0.187. The fourth-order valence-corrected chi connectivity index (χ4v) is 6.22. The predicted octanol–water partition coefficient (Wildman–Crippen LogP) is 3.28. The molecule has 1 aliphatic heterocycles. The van der Waals surface area contributed by atoms with Crippen LogP contribution < -0.4 is 10.9 Å². The van der Waals surface area contributed by atoms with Gasteiger partial charge in [0.15, 0.2) is 5.16 Å². The van der Waals surface area contributed by atoms with Crippen molar-refractivity contribution in [3.63, 3.8) is 0 Å². The number of amides is 1. The van der Waals surface area contributed by atoms with Gasteiger partial charge in [0, 0.05) is 18.0 Å². The maximum absolute atomic E-state index is 13.2. The maximum atomic E-state index is 13.2. The molecule has 26 heavy (non-hydrogen) atoms. The van der Waals surface area contributed by atoms with Crippen LogP contribution in [-0.4, -0.2) is 27.3 Å². The molecule has 7 heteroatoms. The number of rotatable bonds is 4. The summed E-state index contributed by atoms with van der Waals surface area (Å²) >= 11 is 3.08. The number of thioether (sulfide) groups is 1. The van der Waals surface area contributed by atoms with Crippen LogP contribution in [0.5, 0.6) is 0 Å². The molecular formula is C19H23N3O2S2. The van der Waals surface area contributed by atoms with Crippen molar-refractivity contribution >= 4 is 39.2 Å². The van der Waals surface area contributed by atoms with Crippen molar-refractivity contribution < 1.29 is 4.79 Å². The first-order valence-electron chi connectivity index (χ1n) is 9.29. The van der Waals surface area contributed by atoms with E-state index in [-0.39, 0.29) is 16.7 Å². The third-order valence-electron chi connectivity index (χ3n) is 5.08. The number of hydrogen-bond donors (Lipinski definition) is 1. The highest BCUT2D eigenvalue weighted by atomic mass is 32.2. The molecular weight excluding hydrogens is 366 g/mol. The van der Waals surface area contributed by atoms with Crippen LogP contribution in [-0.2, 0) is 24.2 Å². The van der Waals surface area contributed by atoms with Gasteiger partial charge in [-0.3, -0.25) is 14.2 Å². The average molecular weight is 390 g/mol. The van der Waals surface area contributed by atoms with Gasteiger partial charge in [0.1, 0.15) is 4.83 Å². The lowest BCUT2D eigenvalue weighted by Gasteiger charge is -2.16. The molecule has 2 aromatic rings. The molecule has 1 N–H and O–H groups in total. The largest absolute Gasteiger partial charge is 0.355 e. The lowest BCUT2D eigenvalue weighted by molar-refractivity contribution is -0.120. The Morgan fingerprint density at radius 2 is 2.12 bits per heavy atom. The lowest BCUT2D eigenvalue weighted by Crippen LogP contribution is -2.32. The molecule has 138 valence electrons. The standard InChI is InChI=1S/C19H23N3O2S2/c1-2-11-22-18(24)15-12-7-3-4-8-13(12)25-17(15)21-19(22)26-14-9-5-6-10-20-16(14)23/h2,14H,1,3-11H2,(H,20,23). The first-order chi connectivity index (χ1) is 12.7. The van der Waals surface area contributed by atoms with Crippen LogP contribution in [0.15, 0.2) is 22.6 Å². The number of aromatic nitrogens is 2. The number of nitrogens with zero attached hydrogens (tertiary/aromatic N) is 2. The van der Waals surface area contributed by atoms with Crippen LogP contribution in [0.2, 0.25) is 0 Å². The summed E-state index contributed by atoms with van der Waals surface area (Å²) in [5.74, 6) is 0.0532. The molecule has 1 saturated heterocycles. The van der Waals surface area contributed by atoms with Crippen molar-refractivity contribution in [1.29, 1.82) is 0 Å². The number of hydrogen-bond acceptors (Lipinski definition) is 5. The van der Waals surface area contributed by atoms with Gasteiger partial charge in [-0.15, -0.1) is 17.9 Å². The zero-order valence-corrected chi connectivity index (χ0v) is 16.4. The Morgan fingerprint density at radius 3 is 2.96 bits per heavy atom. The third-order valence-corrected chi connectivity index (χ3v) is 7.53. The molecule has 0 saturated carbocycles. The highest BCUT2D eigenvalue weighted by Crippen LogP contribution is 2.35. The number of fused-ring (bicyclic) bond motifs is 3. The fourth-order valence-electron chi connectivity index (χ4n) is 3.75. The molecule has 0 radical (unpaired) electrons. The number of nitrogens with one attached hydrogen (secondary N) is 1. The SMILES string of the molecule is C=CCn1c(SC2CCCCNC2=O)nc2sc3c(c2c1=O)CCCC3. The van der Waals surface area contributed by atoms with Crippen molar-refractivity contribution in [2.45, 2.75) is 61.9 Å². The lowest BCUT2D eigenvalue weighted by atomic mass is 9.97. The van der Waals surface area contributed by atoms with Gasteiger partial charge in [0.2, 0.25) is 5.91 Å². The van der Waals surface area contributed by atoms with Crippen LogP contribution in [0.25, 0.3) is 10.2 Å². The predicted molar refractivity (Wildman–Crippen MR) is 107 cm³/mol. The van der Waals surface area contributed by atoms with Crippen molar-refractivity contribution in [2.75, 3.05) is 6.54 Å².